The SMILES string of the molecule is Cc1cnn(CC(F)(F)F)c1-c1nc([C@@H]2CC23CCN(S(N)(=O)=O)CC3)no1. The van der Waals surface area contributed by atoms with Crippen LogP contribution in [-0.2, 0) is 16.8 Å². The summed E-state index contributed by atoms with van der Waals surface area (Å²) in [5, 5.41) is 12.9. The van der Waals surface area contributed by atoms with Crippen LogP contribution >= 0.6 is 0 Å². The summed E-state index contributed by atoms with van der Waals surface area (Å²) >= 11 is 0. The van der Waals surface area contributed by atoms with Crippen LogP contribution in [0.5, 0.6) is 0 Å². The second-order valence-electron chi connectivity index (χ2n) is 7.47. The third kappa shape index (κ3) is 3.53. The third-order valence-corrected chi connectivity index (χ3v) is 6.66. The van der Waals surface area contributed by atoms with Crippen molar-refractivity contribution in [2.45, 2.75) is 44.8 Å². The summed E-state index contributed by atoms with van der Waals surface area (Å²) < 4.78 is 68.5. The van der Waals surface area contributed by atoms with Crippen LogP contribution in [0.3, 0.4) is 0 Å². The number of aryl methyl sites for hydroxylation is 1. The standard InChI is InChI=1S/C15H19F3N6O3S/c1-9-7-20-24(8-15(16,17)18)11(9)13-21-12(22-27-13)10-6-14(10)2-4-23(5-3-14)28(19,25)26/h7,10H,2-6,8H2,1H3,(H2,19,25,26)/t10-/m0/s1. The fourth-order valence-electron chi connectivity index (χ4n) is 3.97. The van der Waals surface area contributed by atoms with E-state index in [-0.39, 0.29) is 22.9 Å². The molecule has 13 heteroatoms. The van der Waals surface area contributed by atoms with Crippen LogP contribution in [0.25, 0.3) is 11.6 Å². The maximum absolute atomic E-state index is 12.8. The molecule has 1 saturated heterocycles. The highest BCUT2D eigenvalue weighted by Crippen LogP contribution is 2.64. The Bertz CT molecular complexity index is 991. The molecular weight excluding hydrogens is 401 g/mol. The number of nitrogens with two attached hydrogens (primary N) is 1. The molecule has 2 N–H and O–H groups in total. The van der Waals surface area contributed by atoms with Gasteiger partial charge in [0.1, 0.15) is 12.2 Å². The first-order valence-corrected chi connectivity index (χ1v) is 10.2. The molecule has 0 aromatic carbocycles. The molecule has 9 nitrogen and oxygen atoms in total. The van der Waals surface area contributed by atoms with E-state index in [1.165, 1.54) is 10.5 Å². The van der Waals surface area contributed by atoms with Crippen molar-refractivity contribution >= 4 is 10.2 Å². The highest BCUT2D eigenvalue weighted by Gasteiger charge is 2.58. The monoisotopic (exact) mass is 420 g/mol. The van der Waals surface area contributed by atoms with Crippen molar-refractivity contribution in [3.63, 3.8) is 0 Å². The fourth-order valence-corrected chi connectivity index (χ4v) is 4.66. The molecule has 28 heavy (non-hydrogen) atoms. The van der Waals surface area contributed by atoms with Crippen LogP contribution in [0.1, 0.15) is 36.6 Å². The van der Waals surface area contributed by atoms with Gasteiger partial charge in [-0.25, -0.2) is 5.14 Å². The molecule has 154 valence electrons. The lowest BCUT2D eigenvalue weighted by molar-refractivity contribution is -0.142. The highest BCUT2D eigenvalue weighted by molar-refractivity contribution is 7.86. The van der Waals surface area contributed by atoms with Crippen molar-refractivity contribution in [3.8, 4) is 11.6 Å². The first-order valence-electron chi connectivity index (χ1n) is 8.70. The van der Waals surface area contributed by atoms with Gasteiger partial charge < -0.3 is 4.52 Å². The Kier molecular flexibility index (Phi) is 4.32. The van der Waals surface area contributed by atoms with Crippen LogP contribution < -0.4 is 5.14 Å². The van der Waals surface area contributed by atoms with Gasteiger partial charge in [0.15, 0.2) is 5.82 Å². The summed E-state index contributed by atoms with van der Waals surface area (Å²) in [6, 6.07) is 0. The lowest BCUT2D eigenvalue weighted by atomic mass is 9.92. The van der Waals surface area contributed by atoms with Gasteiger partial charge in [-0.05, 0) is 31.6 Å². The molecule has 1 atom stereocenters. The molecule has 0 amide bonds. The van der Waals surface area contributed by atoms with E-state index >= 15 is 0 Å². The number of halogens is 3. The van der Waals surface area contributed by atoms with E-state index in [1.54, 1.807) is 6.92 Å². The summed E-state index contributed by atoms with van der Waals surface area (Å²) in [4.78, 5) is 4.32. The Morgan fingerprint density at radius 2 is 2.04 bits per heavy atom. The Hall–Kier alpha value is -1.99. The van der Waals surface area contributed by atoms with Crippen LogP contribution in [0.4, 0.5) is 13.2 Å². The first kappa shape index (κ1) is 19.3. The lowest BCUT2D eigenvalue weighted by Gasteiger charge is -2.30. The fraction of sp³-hybridized carbons (Fsp3) is 0.667. The minimum atomic E-state index is -4.42. The summed E-state index contributed by atoms with van der Waals surface area (Å²) in [5.74, 6) is 0.420. The average Bonchev–Trinajstić information content (AvgIpc) is 2.90. The van der Waals surface area contributed by atoms with E-state index < -0.39 is 22.9 Å². The van der Waals surface area contributed by atoms with Gasteiger partial charge >= 0.3 is 6.18 Å². The van der Waals surface area contributed by atoms with Gasteiger partial charge in [0, 0.05) is 24.6 Å². The van der Waals surface area contributed by atoms with Gasteiger partial charge in [-0.3, -0.25) is 4.68 Å². The molecule has 2 aliphatic rings. The number of nitrogens with zero attached hydrogens (tertiary/aromatic N) is 5. The highest BCUT2D eigenvalue weighted by atomic mass is 32.2. The summed E-state index contributed by atoms with van der Waals surface area (Å²) in [7, 11) is -3.70. The average molecular weight is 420 g/mol. The minimum Gasteiger partial charge on any atom is -0.332 e. The Morgan fingerprint density at radius 3 is 2.64 bits per heavy atom. The van der Waals surface area contributed by atoms with Gasteiger partial charge in [-0.2, -0.15) is 36.0 Å². The Balaban J connectivity index is 1.51. The number of rotatable bonds is 4. The van der Waals surface area contributed by atoms with Crippen molar-refractivity contribution in [2.24, 2.45) is 10.6 Å². The molecule has 2 aromatic heterocycles. The molecule has 0 unspecified atom stereocenters. The minimum absolute atomic E-state index is 0.00160. The zero-order chi connectivity index (χ0) is 20.3. The van der Waals surface area contributed by atoms with Crippen molar-refractivity contribution < 1.29 is 26.1 Å². The molecule has 1 aliphatic heterocycles. The smallest absolute Gasteiger partial charge is 0.332 e. The van der Waals surface area contributed by atoms with Crippen molar-refractivity contribution in [2.75, 3.05) is 13.1 Å². The molecule has 4 rings (SSSR count). The third-order valence-electron chi connectivity index (χ3n) is 5.58. The van der Waals surface area contributed by atoms with Crippen LogP contribution in [-0.4, -0.2) is 51.9 Å². The van der Waals surface area contributed by atoms with Crippen LogP contribution in [0, 0.1) is 12.3 Å². The number of hydrogen-bond acceptors (Lipinski definition) is 6. The largest absolute Gasteiger partial charge is 0.408 e. The summed E-state index contributed by atoms with van der Waals surface area (Å²) in [6.07, 6.45) is -1.06. The van der Waals surface area contributed by atoms with Crippen molar-refractivity contribution in [1.29, 1.82) is 0 Å². The van der Waals surface area contributed by atoms with E-state index in [4.69, 9.17) is 9.66 Å². The zero-order valence-electron chi connectivity index (χ0n) is 15.0. The second-order valence-corrected chi connectivity index (χ2v) is 9.02. The maximum Gasteiger partial charge on any atom is 0.408 e. The lowest BCUT2D eigenvalue weighted by Crippen LogP contribution is -2.43. The van der Waals surface area contributed by atoms with Gasteiger partial charge in [0.25, 0.3) is 16.1 Å². The first-order chi connectivity index (χ1) is 13.0. The number of aromatic nitrogens is 4. The normalized spacial score (nSPS) is 22.7. The molecule has 1 saturated carbocycles. The van der Waals surface area contributed by atoms with E-state index in [2.05, 4.69) is 15.2 Å². The van der Waals surface area contributed by atoms with Crippen LogP contribution in [0.2, 0.25) is 0 Å². The molecule has 1 aliphatic carbocycles. The quantitative estimate of drug-likeness (QED) is 0.802. The van der Waals surface area contributed by atoms with Gasteiger partial charge in [0.05, 0.1) is 6.20 Å². The van der Waals surface area contributed by atoms with Gasteiger partial charge in [-0.1, -0.05) is 5.16 Å². The van der Waals surface area contributed by atoms with E-state index in [1.807, 2.05) is 0 Å². The molecule has 3 heterocycles. The van der Waals surface area contributed by atoms with Crippen LogP contribution in [0.15, 0.2) is 10.7 Å². The van der Waals surface area contributed by atoms with Crippen molar-refractivity contribution in [3.05, 3.63) is 17.6 Å². The van der Waals surface area contributed by atoms with E-state index in [9.17, 15) is 21.6 Å². The summed E-state index contributed by atoms with van der Waals surface area (Å²) in [6.45, 7) is 1.04. The van der Waals surface area contributed by atoms with Gasteiger partial charge in [-0.15, -0.1) is 0 Å². The predicted molar refractivity (Wildman–Crippen MR) is 90.0 cm³/mol. The molecule has 0 bridgehead atoms. The maximum atomic E-state index is 12.8. The van der Waals surface area contributed by atoms with E-state index in [0.717, 1.165) is 11.1 Å². The van der Waals surface area contributed by atoms with Gasteiger partial charge in [0.2, 0.25) is 0 Å². The molecule has 0 radical (unpaired) electrons. The number of hydrogen-bond donors (Lipinski definition) is 1. The number of piperidine rings is 1. The Labute approximate surface area is 158 Å². The van der Waals surface area contributed by atoms with E-state index in [0.29, 0.717) is 37.3 Å². The summed E-state index contributed by atoms with van der Waals surface area (Å²) in [5.41, 5.74) is 0.546. The van der Waals surface area contributed by atoms with Crippen molar-refractivity contribution in [1.82, 2.24) is 24.2 Å². The zero-order valence-corrected chi connectivity index (χ0v) is 15.8. The predicted octanol–water partition coefficient (Wildman–Crippen LogP) is 1.58. The Morgan fingerprint density at radius 1 is 1.36 bits per heavy atom. The molecular formula is C15H19F3N6O3S. The number of alkyl halides is 3. The topological polar surface area (TPSA) is 120 Å². The second kappa shape index (κ2) is 6.26. The molecule has 2 aromatic rings. The molecule has 1 spiro atoms. The molecule has 2 fully saturated rings.